The van der Waals surface area contributed by atoms with Crippen molar-refractivity contribution in [1.82, 2.24) is 14.9 Å². The Bertz CT molecular complexity index is 1050. The second kappa shape index (κ2) is 7.78. The fraction of sp³-hybridized carbons (Fsp3) is 0.292. The molecule has 2 aliphatic heterocycles. The van der Waals surface area contributed by atoms with Crippen LogP contribution in [0.4, 0.5) is 17.3 Å². The highest BCUT2D eigenvalue weighted by atomic mass is 16.2. The lowest BCUT2D eigenvalue weighted by Gasteiger charge is -2.35. The second-order valence-corrected chi connectivity index (χ2v) is 7.92. The normalized spacial score (nSPS) is 18.4. The molecule has 6 nitrogen and oxygen atoms in total. The van der Waals surface area contributed by atoms with Gasteiger partial charge in [-0.2, -0.15) is 0 Å². The summed E-state index contributed by atoms with van der Waals surface area (Å²) in [6.07, 6.45) is 4.55. The van der Waals surface area contributed by atoms with Crippen LogP contribution in [-0.2, 0) is 6.42 Å². The van der Waals surface area contributed by atoms with Gasteiger partial charge < -0.3 is 14.7 Å². The number of benzene rings is 1. The van der Waals surface area contributed by atoms with Crippen molar-refractivity contribution in [3.63, 3.8) is 0 Å². The van der Waals surface area contributed by atoms with Crippen LogP contribution in [0.25, 0.3) is 0 Å². The highest BCUT2D eigenvalue weighted by Crippen LogP contribution is 2.37. The molecule has 5 rings (SSSR count). The number of rotatable bonds is 3. The monoisotopic (exact) mass is 399 g/mol. The molecule has 6 heteroatoms. The Balaban J connectivity index is 1.32. The molecule has 0 radical (unpaired) electrons. The third-order valence-corrected chi connectivity index (χ3v) is 5.99. The van der Waals surface area contributed by atoms with Gasteiger partial charge in [-0.15, -0.1) is 0 Å². The fourth-order valence-corrected chi connectivity index (χ4v) is 4.46. The predicted molar refractivity (Wildman–Crippen MR) is 118 cm³/mol. The maximum Gasteiger partial charge on any atom is 0.254 e. The molecule has 0 spiro atoms. The number of anilines is 3. The Hall–Kier alpha value is -3.41. The van der Waals surface area contributed by atoms with Crippen molar-refractivity contribution in [1.29, 1.82) is 0 Å². The molecule has 3 aromatic rings. The Morgan fingerprint density at radius 1 is 0.900 bits per heavy atom. The molecule has 2 aliphatic rings. The lowest BCUT2D eigenvalue weighted by Crippen LogP contribution is -2.49. The molecule has 0 aliphatic carbocycles. The van der Waals surface area contributed by atoms with Crippen LogP contribution >= 0.6 is 0 Å². The van der Waals surface area contributed by atoms with Gasteiger partial charge in [0.2, 0.25) is 0 Å². The van der Waals surface area contributed by atoms with Crippen LogP contribution in [0, 0.1) is 0 Å². The SMILES string of the molecule is CC1Cc2ccccc2N1c1cc(C(=O)N2CCN(c3ccccn3)CC2)ccn1. The number of amides is 1. The van der Waals surface area contributed by atoms with Gasteiger partial charge in [0.05, 0.1) is 0 Å². The maximum absolute atomic E-state index is 13.2. The molecule has 0 bridgehead atoms. The van der Waals surface area contributed by atoms with E-state index in [0.29, 0.717) is 24.7 Å². The average Bonchev–Trinajstić information content (AvgIpc) is 3.15. The van der Waals surface area contributed by atoms with Crippen LogP contribution in [0.15, 0.2) is 67.0 Å². The number of nitrogens with zero attached hydrogens (tertiary/aromatic N) is 5. The largest absolute Gasteiger partial charge is 0.353 e. The number of piperazine rings is 1. The quantitative estimate of drug-likeness (QED) is 0.675. The van der Waals surface area contributed by atoms with Crippen molar-refractivity contribution >= 4 is 23.2 Å². The molecule has 1 fully saturated rings. The minimum Gasteiger partial charge on any atom is -0.353 e. The third-order valence-electron chi connectivity index (χ3n) is 5.99. The predicted octanol–water partition coefficient (Wildman–Crippen LogP) is 3.52. The number of carbonyl (C=O) groups excluding carboxylic acids is 1. The van der Waals surface area contributed by atoms with Crippen molar-refractivity contribution < 1.29 is 4.79 Å². The molecular formula is C24H25N5O. The van der Waals surface area contributed by atoms with Gasteiger partial charge in [-0.1, -0.05) is 24.3 Å². The molecule has 1 aromatic carbocycles. The van der Waals surface area contributed by atoms with Gasteiger partial charge in [0, 0.05) is 55.9 Å². The lowest BCUT2D eigenvalue weighted by atomic mass is 10.1. The highest BCUT2D eigenvalue weighted by Gasteiger charge is 2.29. The standard InChI is InChI=1S/C24H25N5O/c1-18-16-19-6-2-3-7-21(19)29(18)23-17-20(9-11-26-23)24(30)28-14-12-27(13-15-28)22-8-4-5-10-25-22/h2-11,17-18H,12-16H2,1H3. The molecule has 30 heavy (non-hydrogen) atoms. The molecule has 1 atom stereocenters. The summed E-state index contributed by atoms with van der Waals surface area (Å²) in [6.45, 7) is 5.16. The minimum absolute atomic E-state index is 0.0689. The molecule has 1 amide bonds. The van der Waals surface area contributed by atoms with Crippen LogP contribution in [0.5, 0.6) is 0 Å². The van der Waals surface area contributed by atoms with Gasteiger partial charge >= 0.3 is 0 Å². The lowest BCUT2D eigenvalue weighted by molar-refractivity contribution is 0.0746. The zero-order valence-electron chi connectivity index (χ0n) is 17.1. The van der Waals surface area contributed by atoms with Crippen LogP contribution in [0.3, 0.4) is 0 Å². The van der Waals surface area contributed by atoms with E-state index in [2.05, 4.69) is 51.0 Å². The summed E-state index contributed by atoms with van der Waals surface area (Å²) in [5.41, 5.74) is 3.21. The number of pyridine rings is 2. The number of fused-ring (bicyclic) bond motifs is 1. The van der Waals surface area contributed by atoms with E-state index in [0.717, 1.165) is 31.1 Å². The Morgan fingerprint density at radius 3 is 2.47 bits per heavy atom. The highest BCUT2D eigenvalue weighted by molar-refractivity contribution is 5.95. The summed E-state index contributed by atoms with van der Waals surface area (Å²) in [7, 11) is 0. The van der Waals surface area contributed by atoms with E-state index in [-0.39, 0.29) is 5.91 Å². The number of aromatic nitrogens is 2. The van der Waals surface area contributed by atoms with E-state index >= 15 is 0 Å². The van der Waals surface area contributed by atoms with E-state index in [1.165, 1.54) is 11.3 Å². The van der Waals surface area contributed by atoms with Crippen LogP contribution < -0.4 is 9.80 Å². The van der Waals surface area contributed by atoms with Gasteiger partial charge in [0.25, 0.3) is 5.91 Å². The van der Waals surface area contributed by atoms with Gasteiger partial charge in [-0.25, -0.2) is 9.97 Å². The second-order valence-electron chi connectivity index (χ2n) is 7.92. The van der Waals surface area contributed by atoms with E-state index in [4.69, 9.17) is 0 Å². The van der Waals surface area contributed by atoms with E-state index in [1.807, 2.05) is 41.4 Å². The van der Waals surface area contributed by atoms with Crippen LogP contribution in [-0.4, -0.2) is 53.0 Å². The average molecular weight is 399 g/mol. The molecular weight excluding hydrogens is 374 g/mol. The Morgan fingerprint density at radius 2 is 1.67 bits per heavy atom. The van der Waals surface area contributed by atoms with Gasteiger partial charge in [0.15, 0.2) is 0 Å². The van der Waals surface area contributed by atoms with Crippen LogP contribution in [0.2, 0.25) is 0 Å². The van der Waals surface area contributed by atoms with Crippen molar-refractivity contribution in [3.05, 3.63) is 78.1 Å². The fourth-order valence-electron chi connectivity index (χ4n) is 4.46. The van der Waals surface area contributed by atoms with Crippen molar-refractivity contribution in [2.24, 2.45) is 0 Å². The zero-order chi connectivity index (χ0) is 20.5. The minimum atomic E-state index is 0.0689. The molecule has 4 heterocycles. The first-order valence-electron chi connectivity index (χ1n) is 10.5. The first-order valence-corrected chi connectivity index (χ1v) is 10.5. The maximum atomic E-state index is 13.2. The molecule has 1 saturated heterocycles. The van der Waals surface area contributed by atoms with Crippen LogP contribution in [0.1, 0.15) is 22.8 Å². The zero-order valence-corrected chi connectivity index (χ0v) is 17.1. The molecule has 1 unspecified atom stereocenters. The molecule has 0 N–H and O–H groups in total. The summed E-state index contributed by atoms with van der Waals surface area (Å²) in [4.78, 5) is 28.6. The number of hydrogen-bond donors (Lipinski definition) is 0. The molecule has 2 aromatic heterocycles. The third kappa shape index (κ3) is 3.38. The van der Waals surface area contributed by atoms with E-state index < -0.39 is 0 Å². The number of hydrogen-bond acceptors (Lipinski definition) is 5. The van der Waals surface area contributed by atoms with Crippen molar-refractivity contribution in [2.45, 2.75) is 19.4 Å². The first-order chi connectivity index (χ1) is 14.7. The van der Waals surface area contributed by atoms with Gasteiger partial charge in [-0.3, -0.25) is 4.79 Å². The summed E-state index contributed by atoms with van der Waals surface area (Å²) in [5.74, 6) is 1.88. The van der Waals surface area contributed by atoms with E-state index in [1.54, 1.807) is 6.20 Å². The summed E-state index contributed by atoms with van der Waals surface area (Å²) < 4.78 is 0. The summed E-state index contributed by atoms with van der Waals surface area (Å²) in [5, 5.41) is 0. The van der Waals surface area contributed by atoms with Gasteiger partial charge in [0.1, 0.15) is 11.6 Å². The molecule has 0 saturated carbocycles. The van der Waals surface area contributed by atoms with Crippen molar-refractivity contribution in [3.8, 4) is 0 Å². The topological polar surface area (TPSA) is 52.6 Å². The first kappa shape index (κ1) is 18.6. The molecule has 152 valence electrons. The summed E-state index contributed by atoms with van der Waals surface area (Å²) >= 11 is 0. The van der Waals surface area contributed by atoms with Gasteiger partial charge in [-0.05, 0) is 49.2 Å². The van der Waals surface area contributed by atoms with Crippen molar-refractivity contribution in [2.75, 3.05) is 36.0 Å². The smallest absolute Gasteiger partial charge is 0.254 e. The summed E-state index contributed by atoms with van der Waals surface area (Å²) in [6, 6.07) is 18.4. The number of carbonyl (C=O) groups is 1. The van der Waals surface area contributed by atoms with E-state index in [9.17, 15) is 4.79 Å². The Labute approximate surface area is 176 Å². The Kier molecular flexibility index (Phi) is 4.83. The number of para-hydroxylation sites is 1.